The number of amides is 1. The van der Waals surface area contributed by atoms with Gasteiger partial charge in [0.25, 0.3) is 0 Å². The number of halogens is 1. The Morgan fingerprint density at radius 2 is 2.11 bits per heavy atom. The van der Waals surface area contributed by atoms with Crippen molar-refractivity contribution in [3.05, 3.63) is 34.9 Å². The standard InChI is InChI=1S/C13H18ClNO3S/c1-2-3-7-15-13(16)10-19(17,18)9-11-5-4-6-12(14)8-11/h4-6,8H,2-3,7,9-10H2,1H3,(H,15,16). The molecular formula is C13H18ClNO3S. The number of unbranched alkanes of at least 4 members (excludes halogenated alkanes) is 1. The highest BCUT2D eigenvalue weighted by Gasteiger charge is 2.17. The Morgan fingerprint density at radius 1 is 1.37 bits per heavy atom. The van der Waals surface area contributed by atoms with Crippen molar-refractivity contribution in [1.82, 2.24) is 5.32 Å². The molecule has 1 N–H and O–H groups in total. The van der Waals surface area contributed by atoms with Gasteiger partial charge in [-0.1, -0.05) is 37.1 Å². The van der Waals surface area contributed by atoms with E-state index in [1.54, 1.807) is 24.3 Å². The highest BCUT2D eigenvalue weighted by Crippen LogP contribution is 2.13. The van der Waals surface area contributed by atoms with E-state index in [4.69, 9.17) is 11.6 Å². The zero-order chi connectivity index (χ0) is 14.3. The molecule has 0 fully saturated rings. The van der Waals surface area contributed by atoms with Crippen molar-refractivity contribution in [3.63, 3.8) is 0 Å². The lowest BCUT2D eigenvalue weighted by Gasteiger charge is -2.06. The summed E-state index contributed by atoms with van der Waals surface area (Å²) in [4.78, 5) is 11.5. The van der Waals surface area contributed by atoms with Crippen LogP contribution in [-0.4, -0.2) is 26.6 Å². The summed E-state index contributed by atoms with van der Waals surface area (Å²) in [7, 11) is -3.46. The molecule has 0 aliphatic carbocycles. The Kier molecular flexibility index (Phi) is 6.31. The van der Waals surface area contributed by atoms with Gasteiger partial charge in [0.2, 0.25) is 5.91 Å². The van der Waals surface area contributed by atoms with E-state index in [1.165, 1.54) is 0 Å². The van der Waals surface area contributed by atoms with Crippen LogP contribution >= 0.6 is 11.6 Å². The molecule has 0 atom stereocenters. The van der Waals surface area contributed by atoms with E-state index in [-0.39, 0.29) is 5.75 Å². The summed E-state index contributed by atoms with van der Waals surface area (Å²) < 4.78 is 23.7. The SMILES string of the molecule is CCCCNC(=O)CS(=O)(=O)Cc1cccc(Cl)c1. The Balaban J connectivity index is 2.54. The summed E-state index contributed by atoms with van der Waals surface area (Å²) >= 11 is 5.79. The summed E-state index contributed by atoms with van der Waals surface area (Å²) in [5.74, 6) is -1.10. The van der Waals surface area contributed by atoms with Crippen LogP contribution in [0.2, 0.25) is 5.02 Å². The maximum absolute atomic E-state index is 11.9. The smallest absolute Gasteiger partial charge is 0.235 e. The second-order valence-electron chi connectivity index (χ2n) is 4.37. The molecule has 0 saturated heterocycles. The Labute approximate surface area is 119 Å². The molecule has 0 aliphatic heterocycles. The van der Waals surface area contributed by atoms with Crippen molar-refractivity contribution in [2.45, 2.75) is 25.5 Å². The monoisotopic (exact) mass is 303 g/mol. The normalized spacial score (nSPS) is 11.3. The van der Waals surface area contributed by atoms with Gasteiger partial charge in [0.05, 0.1) is 5.75 Å². The second kappa shape index (κ2) is 7.50. The van der Waals surface area contributed by atoms with Crippen LogP contribution in [-0.2, 0) is 20.4 Å². The van der Waals surface area contributed by atoms with Gasteiger partial charge in [-0.15, -0.1) is 0 Å². The van der Waals surface area contributed by atoms with Crippen molar-refractivity contribution < 1.29 is 13.2 Å². The minimum Gasteiger partial charge on any atom is -0.355 e. The van der Waals surface area contributed by atoms with Crippen molar-refractivity contribution in [1.29, 1.82) is 0 Å². The molecule has 0 unspecified atom stereocenters. The third kappa shape index (κ3) is 6.59. The molecule has 0 heterocycles. The van der Waals surface area contributed by atoms with Gasteiger partial charge in [-0.25, -0.2) is 8.42 Å². The lowest BCUT2D eigenvalue weighted by Crippen LogP contribution is -2.31. The first-order chi connectivity index (χ1) is 8.93. The van der Waals surface area contributed by atoms with Crippen molar-refractivity contribution >= 4 is 27.3 Å². The lowest BCUT2D eigenvalue weighted by atomic mass is 10.2. The van der Waals surface area contributed by atoms with Crippen LogP contribution in [0.25, 0.3) is 0 Å². The predicted octanol–water partition coefficient (Wildman–Crippen LogP) is 2.17. The van der Waals surface area contributed by atoms with E-state index >= 15 is 0 Å². The number of carbonyl (C=O) groups is 1. The Bertz CT molecular complexity index is 528. The van der Waals surface area contributed by atoms with Crippen LogP contribution in [0, 0.1) is 0 Å². The molecule has 6 heteroatoms. The maximum Gasteiger partial charge on any atom is 0.235 e. The van der Waals surface area contributed by atoms with Gasteiger partial charge in [-0.05, 0) is 24.1 Å². The summed E-state index contributed by atoms with van der Waals surface area (Å²) in [6.45, 7) is 2.52. The molecule has 0 aromatic heterocycles. The van der Waals surface area contributed by atoms with Gasteiger partial charge in [-0.2, -0.15) is 0 Å². The summed E-state index contributed by atoms with van der Waals surface area (Å²) in [5.41, 5.74) is 0.592. The molecule has 106 valence electrons. The minimum absolute atomic E-state index is 0.172. The van der Waals surface area contributed by atoms with Gasteiger partial charge >= 0.3 is 0 Å². The molecule has 1 aromatic rings. The van der Waals surface area contributed by atoms with Crippen molar-refractivity contribution in [2.24, 2.45) is 0 Å². The molecule has 1 amide bonds. The van der Waals surface area contributed by atoms with Crippen LogP contribution < -0.4 is 5.32 Å². The third-order valence-corrected chi connectivity index (χ3v) is 4.19. The van der Waals surface area contributed by atoms with Crippen LogP contribution in [0.1, 0.15) is 25.3 Å². The Morgan fingerprint density at radius 3 is 2.74 bits per heavy atom. The van der Waals surface area contributed by atoms with Gasteiger partial charge in [0, 0.05) is 11.6 Å². The highest BCUT2D eigenvalue weighted by atomic mass is 35.5. The zero-order valence-corrected chi connectivity index (χ0v) is 12.4. The van der Waals surface area contributed by atoms with Gasteiger partial charge in [0.1, 0.15) is 5.75 Å². The van der Waals surface area contributed by atoms with Crippen LogP contribution in [0.3, 0.4) is 0 Å². The molecule has 0 aliphatic rings. The number of carbonyl (C=O) groups excluding carboxylic acids is 1. The fraction of sp³-hybridized carbons (Fsp3) is 0.462. The van der Waals surface area contributed by atoms with E-state index in [0.717, 1.165) is 12.8 Å². The minimum atomic E-state index is -3.46. The number of hydrogen-bond acceptors (Lipinski definition) is 3. The summed E-state index contributed by atoms with van der Waals surface area (Å²) in [6.07, 6.45) is 1.80. The number of benzene rings is 1. The van der Waals surface area contributed by atoms with Crippen LogP contribution in [0.5, 0.6) is 0 Å². The predicted molar refractivity (Wildman–Crippen MR) is 76.9 cm³/mol. The average molecular weight is 304 g/mol. The number of sulfone groups is 1. The molecule has 4 nitrogen and oxygen atoms in total. The first-order valence-corrected chi connectivity index (χ1v) is 8.34. The third-order valence-electron chi connectivity index (χ3n) is 2.48. The fourth-order valence-corrected chi connectivity index (χ4v) is 3.09. The van der Waals surface area contributed by atoms with E-state index in [1.807, 2.05) is 6.92 Å². The molecule has 0 radical (unpaired) electrons. The van der Waals surface area contributed by atoms with E-state index in [0.29, 0.717) is 17.1 Å². The van der Waals surface area contributed by atoms with E-state index < -0.39 is 21.5 Å². The van der Waals surface area contributed by atoms with Crippen LogP contribution in [0.4, 0.5) is 0 Å². The Hall–Kier alpha value is -1.07. The number of nitrogens with one attached hydrogen (secondary N) is 1. The zero-order valence-electron chi connectivity index (χ0n) is 10.9. The number of rotatable bonds is 7. The lowest BCUT2D eigenvalue weighted by molar-refractivity contribution is -0.118. The topological polar surface area (TPSA) is 63.2 Å². The second-order valence-corrected chi connectivity index (χ2v) is 6.87. The first kappa shape index (κ1) is 16.0. The van der Waals surface area contributed by atoms with Crippen LogP contribution in [0.15, 0.2) is 24.3 Å². The maximum atomic E-state index is 11.9. The molecule has 0 saturated carbocycles. The molecule has 0 spiro atoms. The summed E-state index contributed by atoms with van der Waals surface area (Å²) in [6, 6.07) is 6.64. The molecule has 1 aromatic carbocycles. The summed E-state index contributed by atoms with van der Waals surface area (Å²) in [5, 5.41) is 3.08. The molecule has 1 rings (SSSR count). The highest BCUT2D eigenvalue weighted by molar-refractivity contribution is 7.91. The van der Waals surface area contributed by atoms with E-state index in [2.05, 4.69) is 5.32 Å². The van der Waals surface area contributed by atoms with Gasteiger partial charge in [-0.3, -0.25) is 4.79 Å². The average Bonchev–Trinajstić information content (AvgIpc) is 2.27. The van der Waals surface area contributed by atoms with Crippen molar-refractivity contribution in [2.75, 3.05) is 12.3 Å². The molecular weight excluding hydrogens is 286 g/mol. The van der Waals surface area contributed by atoms with E-state index in [9.17, 15) is 13.2 Å². The van der Waals surface area contributed by atoms with Gasteiger partial charge < -0.3 is 5.32 Å². The fourth-order valence-electron chi connectivity index (χ4n) is 1.59. The largest absolute Gasteiger partial charge is 0.355 e. The molecule has 0 bridgehead atoms. The first-order valence-electron chi connectivity index (χ1n) is 6.14. The van der Waals surface area contributed by atoms with Crippen molar-refractivity contribution in [3.8, 4) is 0 Å². The number of hydrogen-bond donors (Lipinski definition) is 1. The quantitative estimate of drug-likeness (QED) is 0.785. The molecule has 19 heavy (non-hydrogen) atoms. The van der Waals surface area contributed by atoms with Gasteiger partial charge in [0.15, 0.2) is 9.84 Å².